The summed E-state index contributed by atoms with van der Waals surface area (Å²) >= 11 is 0. The zero-order valence-electron chi connectivity index (χ0n) is 11.0. The van der Waals surface area contributed by atoms with E-state index in [1.807, 2.05) is 0 Å². The Kier molecular flexibility index (Phi) is 5.77. The monoisotopic (exact) mass is 227 g/mol. The molecule has 1 rings (SSSR count). The van der Waals surface area contributed by atoms with Gasteiger partial charge in [-0.15, -0.1) is 0 Å². The SMILES string of the molecule is CC(C)CC(O)C1(CN)CCCCCCC1. The molecule has 96 valence electrons. The van der Waals surface area contributed by atoms with E-state index in [4.69, 9.17) is 5.73 Å². The van der Waals surface area contributed by atoms with Crippen LogP contribution in [0.2, 0.25) is 0 Å². The van der Waals surface area contributed by atoms with Crippen molar-refractivity contribution in [2.24, 2.45) is 17.1 Å². The molecule has 0 aromatic heterocycles. The van der Waals surface area contributed by atoms with Crippen LogP contribution in [0.5, 0.6) is 0 Å². The predicted octanol–water partition coefficient (Wildman–Crippen LogP) is 3.08. The van der Waals surface area contributed by atoms with Gasteiger partial charge in [-0.2, -0.15) is 0 Å². The second kappa shape index (κ2) is 6.61. The molecule has 2 nitrogen and oxygen atoms in total. The lowest BCUT2D eigenvalue weighted by atomic mass is 9.70. The minimum atomic E-state index is -0.199. The topological polar surface area (TPSA) is 46.2 Å². The molecule has 0 aromatic rings. The first-order valence-electron chi connectivity index (χ1n) is 6.99. The van der Waals surface area contributed by atoms with Crippen molar-refractivity contribution < 1.29 is 5.11 Å². The molecule has 1 atom stereocenters. The fourth-order valence-corrected chi connectivity index (χ4v) is 2.98. The highest BCUT2D eigenvalue weighted by Gasteiger charge is 2.36. The van der Waals surface area contributed by atoms with Gasteiger partial charge in [-0.3, -0.25) is 0 Å². The molecule has 1 fully saturated rings. The summed E-state index contributed by atoms with van der Waals surface area (Å²) in [6, 6.07) is 0. The van der Waals surface area contributed by atoms with Gasteiger partial charge in [0.25, 0.3) is 0 Å². The number of nitrogens with two attached hydrogens (primary N) is 1. The van der Waals surface area contributed by atoms with Crippen LogP contribution in [-0.2, 0) is 0 Å². The molecule has 16 heavy (non-hydrogen) atoms. The lowest BCUT2D eigenvalue weighted by Crippen LogP contribution is -2.43. The molecule has 3 N–H and O–H groups in total. The van der Waals surface area contributed by atoms with Crippen LogP contribution in [0.25, 0.3) is 0 Å². The summed E-state index contributed by atoms with van der Waals surface area (Å²) in [5, 5.41) is 10.4. The molecular formula is C14H29NO. The predicted molar refractivity (Wildman–Crippen MR) is 69.3 cm³/mol. The van der Waals surface area contributed by atoms with Gasteiger partial charge in [-0.1, -0.05) is 46.0 Å². The van der Waals surface area contributed by atoms with Gasteiger partial charge in [0.2, 0.25) is 0 Å². The standard InChI is InChI=1S/C14H29NO/c1-12(2)10-13(16)14(11-15)8-6-4-3-5-7-9-14/h12-13,16H,3-11,15H2,1-2H3. The van der Waals surface area contributed by atoms with E-state index >= 15 is 0 Å². The Morgan fingerprint density at radius 1 is 1.06 bits per heavy atom. The van der Waals surface area contributed by atoms with Crippen LogP contribution in [0.4, 0.5) is 0 Å². The summed E-state index contributed by atoms with van der Waals surface area (Å²) in [7, 11) is 0. The van der Waals surface area contributed by atoms with E-state index in [9.17, 15) is 5.11 Å². The fraction of sp³-hybridized carbons (Fsp3) is 1.00. The van der Waals surface area contributed by atoms with E-state index in [2.05, 4.69) is 13.8 Å². The average molecular weight is 227 g/mol. The molecule has 0 aliphatic heterocycles. The van der Waals surface area contributed by atoms with E-state index in [-0.39, 0.29) is 11.5 Å². The second-order valence-electron chi connectivity index (χ2n) is 5.98. The zero-order chi connectivity index (χ0) is 12.0. The Labute approximate surface area is 101 Å². The maximum Gasteiger partial charge on any atom is 0.0610 e. The molecule has 1 unspecified atom stereocenters. The summed E-state index contributed by atoms with van der Waals surface area (Å²) in [6.45, 7) is 5.01. The van der Waals surface area contributed by atoms with Crippen LogP contribution in [0, 0.1) is 11.3 Å². The molecule has 0 bridgehead atoms. The highest BCUT2D eigenvalue weighted by Crippen LogP contribution is 2.38. The van der Waals surface area contributed by atoms with Crippen LogP contribution >= 0.6 is 0 Å². The number of aliphatic hydroxyl groups is 1. The van der Waals surface area contributed by atoms with Crippen LogP contribution in [0.1, 0.15) is 65.2 Å². The van der Waals surface area contributed by atoms with E-state index < -0.39 is 0 Å². The first kappa shape index (κ1) is 14.0. The summed E-state index contributed by atoms with van der Waals surface area (Å²) in [6.07, 6.45) is 9.42. The quantitative estimate of drug-likeness (QED) is 0.775. The third-order valence-corrected chi connectivity index (χ3v) is 4.16. The Bertz CT molecular complexity index is 183. The summed E-state index contributed by atoms with van der Waals surface area (Å²) < 4.78 is 0. The number of aliphatic hydroxyl groups excluding tert-OH is 1. The number of hydrogen-bond acceptors (Lipinski definition) is 2. The van der Waals surface area contributed by atoms with E-state index in [1.165, 1.54) is 32.1 Å². The molecule has 0 amide bonds. The van der Waals surface area contributed by atoms with E-state index in [0.717, 1.165) is 19.3 Å². The van der Waals surface area contributed by atoms with Crippen molar-refractivity contribution in [3.05, 3.63) is 0 Å². The van der Waals surface area contributed by atoms with Gasteiger partial charge in [0.1, 0.15) is 0 Å². The normalized spacial score (nSPS) is 23.8. The Morgan fingerprint density at radius 2 is 1.56 bits per heavy atom. The maximum absolute atomic E-state index is 10.4. The summed E-state index contributed by atoms with van der Waals surface area (Å²) in [5.41, 5.74) is 5.99. The van der Waals surface area contributed by atoms with Crippen molar-refractivity contribution in [3.8, 4) is 0 Å². The largest absolute Gasteiger partial charge is 0.392 e. The molecule has 0 saturated heterocycles. The smallest absolute Gasteiger partial charge is 0.0610 e. The highest BCUT2D eigenvalue weighted by molar-refractivity contribution is 4.88. The minimum absolute atomic E-state index is 0.0185. The molecule has 1 saturated carbocycles. The zero-order valence-corrected chi connectivity index (χ0v) is 11.0. The Hall–Kier alpha value is -0.0800. The fourth-order valence-electron chi connectivity index (χ4n) is 2.98. The molecule has 2 heteroatoms. The third kappa shape index (κ3) is 3.74. The van der Waals surface area contributed by atoms with Gasteiger partial charge in [-0.25, -0.2) is 0 Å². The van der Waals surface area contributed by atoms with Crippen LogP contribution < -0.4 is 5.73 Å². The van der Waals surface area contributed by atoms with Crippen molar-refractivity contribution >= 4 is 0 Å². The Balaban J connectivity index is 2.63. The van der Waals surface area contributed by atoms with Crippen LogP contribution in [0.15, 0.2) is 0 Å². The summed E-state index contributed by atoms with van der Waals surface area (Å²) in [4.78, 5) is 0. The third-order valence-electron chi connectivity index (χ3n) is 4.16. The Morgan fingerprint density at radius 3 is 2.00 bits per heavy atom. The second-order valence-corrected chi connectivity index (χ2v) is 5.98. The first-order valence-corrected chi connectivity index (χ1v) is 6.99. The minimum Gasteiger partial charge on any atom is -0.392 e. The van der Waals surface area contributed by atoms with Gasteiger partial charge in [-0.05, 0) is 25.2 Å². The van der Waals surface area contributed by atoms with Gasteiger partial charge >= 0.3 is 0 Å². The van der Waals surface area contributed by atoms with Gasteiger partial charge in [0.15, 0.2) is 0 Å². The van der Waals surface area contributed by atoms with Crippen molar-refractivity contribution in [3.63, 3.8) is 0 Å². The lowest BCUT2D eigenvalue weighted by Gasteiger charge is -2.39. The van der Waals surface area contributed by atoms with Crippen molar-refractivity contribution in [1.82, 2.24) is 0 Å². The van der Waals surface area contributed by atoms with E-state index in [0.29, 0.717) is 12.5 Å². The molecule has 0 heterocycles. The van der Waals surface area contributed by atoms with Crippen LogP contribution in [-0.4, -0.2) is 17.8 Å². The summed E-state index contributed by atoms with van der Waals surface area (Å²) in [5.74, 6) is 0.559. The number of hydrogen-bond donors (Lipinski definition) is 2. The molecule has 1 aliphatic rings. The molecule has 0 aromatic carbocycles. The van der Waals surface area contributed by atoms with Gasteiger partial charge in [0, 0.05) is 12.0 Å². The van der Waals surface area contributed by atoms with Crippen LogP contribution in [0.3, 0.4) is 0 Å². The first-order chi connectivity index (χ1) is 7.60. The van der Waals surface area contributed by atoms with Gasteiger partial charge < -0.3 is 10.8 Å². The highest BCUT2D eigenvalue weighted by atomic mass is 16.3. The van der Waals surface area contributed by atoms with Crippen molar-refractivity contribution in [2.75, 3.05) is 6.54 Å². The van der Waals surface area contributed by atoms with Crippen molar-refractivity contribution in [1.29, 1.82) is 0 Å². The van der Waals surface area contributed by atoms with Gasteiger partial charge in [0.05, 0.1) is 6.10 Å². The average Bonchev–Trinajstić information content (AvgIpc) is 2.17. The molecule has 0 radical (unpaired) electrons. The maximum atomic E-state index is 10.4. The van der Waals surface area contributed by atoms with E-state index in [1.54, 1.807) is 0 Å². The molecule has 0 spiro atoms. The lowest BCUT2D eigenvalue weighted by molar-refractivity contribution is -0.00320. The van der Waals surface area contributed by atoms with Crippen molar-refractivity contribution in [2.45, 2.75) is 71.3 Å². The molecule has 1 aliphatic carbocycles. The molecular weight excluding hydrogens is 198 g/mol. The number of rotatable bonds is 4.